The molecule has 0 atom stereocenters. The van der Waals surface area contributed by atoms with Gasteiger partial charge in [0.25, 0.3) is 5.91 Å². The molecule has 1 aromatic heterocycles. The lowest BCUT2D eigenvalue weighted by Crippen LogP contribution is -2.22. The van der Waals surface area contributed by atoms with Crippen molar-refractivity contribution in [2.24, 2.45) is 0 Å². The predicted molar refractivity (Wildman–Crippen MR) is 80.9 cm³/mol. The first-order valence-electron chi connectivity index (χ1n) is 6.64. The molecule has 6 heteroatoms. The SMILES string of the molecule is O=C(NCc1cccc(O)c1)c1cc2cc(O)c(O)cc2[nH]1. The normalized spacial score (nSPS) is 10.7. The minimum Gasteiger partial charge on any atom is -0.508 e. The molecule has 0 radical (unpaired) electrons. The van der Waals surface area contributed by atoms with Gasteiger partial charge in [-0.15, -0.1) is 0 Å². The Morgan fingerprint density at radius 1 is 1.05 bits per heavy atom. The lowest BCUT2D eigenvalue weighted by Gasteiger charge is -2.04. The van der Waals surface area contributed by atoms with Gasteiger partial charge >= 0.3 is 0 Å². The summed E-state index contributed by atoms with van der Waals surface area (Å²) in [4.78, 5) is 15.0. The van der Waals surface area contributed by atoms with Crippen LogP contribution < -0.4 is 5.32 Å². The first-order valence-corrected chi connectivity index (χ1v) is 6.64. The second-order valence-corrected chi connectivity index (χ2v) is 4.96. The van der Waals surface area contributed by atoms with E-state index in [2.05, 4.69) is 10.3 Å². The molecular formula is C16H14N2O4. The van der Waals surface area contributed by atoms with Crippen LogP contribution in [0.3, 0.4) is 0 Å². The van der Waals surface area contributed by atoms with Crippen LogP contribution in [0, 0.1) is 0 Å². The summed E-state index contributed by atoms with van der Waals surface area (Å²) in [5, 5.41) is 31.6. The van der Waals surface area contributed by atoms with E-state index in [1.165, 1.54) is 12.1 Å². The number of rotatable bonds is 3. The van der Waals surface area contributed by atoms with E-state index in [1.807, 2.05) is 0 Å². The van der Waals surface area contributed by atoms with Crippen LogP contribution >= 0.6 is 0 Å². The molecule has 3 aromatic rings. The third-order valence-electron chi connectivity index (χ3n) is 3.32. The zero-order chi connectivity index (χ0) is 15.7. The van der Waals surface area contributed by atoms with Gasteiger partial charge in [0.15, 0.2) is 11.5 Å². The smallest absolute Gasteiger partial charge is 0.267 e. The van der Waals surface area contributed by atoms with Gasteiger partial charge in [-0.05, 0) is 29.8 Å². The zero-order valence-corrected chi connectivity index (χ0v) is 11.5. The molecule has 3 rings (SSSR count). The Labute approximate surface area is 125 Å². The Morgan fingerprint density at radius 2 is 1.82 bits per heavy atom. The van der Waals surface area contributed by atoms with Crippen molar-refractivity contribution in [3.63, 3.8) is 0 Å². The molecule has 2 aromatic carbocycles. The highest BCUT2D eigenvalue weighted by Gasteiger charge is 2.11. The van der Waals surface area contributed by atoms with Crippen LogP contribution in [0.2, 0.25) is 0 Å². The summed E-state index contributed by atoms with van der Waals surface area (Å²) in [6.45, 7) is 0.277. The topological polar surface area (TPSA) is 106 Å². The summed E-state index contributed by atoms with van der Waals surface area (Å²) < 4.78 is 0. The molecule has 5 N–H and O–H groups in total. The molecule has 0 spiro atoms. The standard InChI is InChI=1S/C16H14N2O4/c19-11-3-1-2-9(4-11)8-17-16(22)13-5-10-6-14(20)15(21)7-12(10)18-13/h1-7,18-21H,8H2,(H,17,22). The number of fused-ring (bicyclic) bond motifs is 1. The Morgan fingerprint density at radius 3 is 2.59 bits per heavy atom. The second-order valence-electron chi connectivity index (χ2n) is 4.96. The van der Waals surface area contributed by atoms with Gasteiger partial charge in [0.1, 0.15) is 11.4 Å². The van der Waals surface area contributed by atoms with Gasteiger partial charge in [-0.3, -0.25) is 4.79 Å². The third-order valence-corrected chi connectivity index (χ3v) is 3.32. The van der Waals surface area contributed by atoms with E-state index in [9.17, 15) is 20.1 Å². The lowest BCUT2D eigenvalue weighted by molar-refractivity contribution is 0.0946. The summed E-state index contributed by atoms with van der Waals surface area (Å²) >= 11 is 0. The molecule has 1 amide bonds. The summed E-state index contributed by atoms with van der Waals surface area (Å²) in [6, 6.07) is 11.0. The Kier molecular flexibility index (Phi) is 3.34. The van der Waals surface area contributed by atoms with Crippen molar-refractivity contribution in [1.82, 2.24) is 10.3 Å². The van der Waals surface area contributed by atoms with Crippen LogP contribution in [0.1, 0.15) is 16.1 Å². The highest BCUT2D eigenvalue weighted by molar-refractivity contribution is 5.98. The number of H-pyrrole nitrogens is 1. The summed E-state index contributed by atoms with van der Waals surface area (Å²) in [5.41, 5.74) is 1.65. The van der Waals surface area contributed by atoms with Crippen molar-refractivity contribution in [2.45, 2.75) is 6.54 Å². The van der Waals surface area contributed by atoms with Crippen LogP contribution in [0.5, 0.6) is 17.2 Å². The molecular weight excluding hydrogens is 284 g/mol. The van der Waals surface area contributed by atoms with E-state index in [1.54, 1.807) is 30.3 Å². The number of aromatic amines is 1. The van der Waals surface area contributed by atoms with Crippen LogP contribution in [0.15, 0.2) is 42.5 Å². The minimum absolute atomic E-state index is 0.142. The second kappa shape index (κ2) is 5.33. The summed E-state index contributed by atoms with van der Waals surface area (Å²) in [6.07, 6.45) is 0. The van der Waals surface area contributed by atoms with Crippen molar-refractivity contribution >= 4 is 16.8 Å². The van der Waals surface area contributed by atoms with Crippen molar-refractivity contribution in [3.05, 3.63) is 53.7 Å². The van der Waals surface area contributed by atoms with E-state index >= 15 is 0 Å². The van der Waals surface area contributed by atoms with Crippen LogP contribution in [0.4, 0.5) is 0 Å². The molecule has 0 saturated heterocycles. The molecule has 0 aliphatic rings. The van der Waals surface area contributed by atoms with Crippen molar-refractivity contribution in [3.8, 4) is 17.2 Å². The maximum Gasteiger partial charge on any atom is 0.267 e. The van der Waals surface area contributed by atoms with Gasteiger partial charge in [0, 0.05) is 23.5 Å². The summed E-state index contributed by atoms with van der Waals surface area (Å²) in [7, 11) is 0. The number of amides is 1. The number of hydrogen-bond donors (Lipinski definition) is 5. The van der Waals surface area contributed by atoms with Crippen LogP contribution in [-0.2, 0) is 6.54 Å². The van der Waals surface area contributed by atoms with E-state index in [0.717, 1.165) is 5.56 Å². The van der Waals surface area contributed by atoms with Crippen molar-refractivity contribution < 1.29 is 20.1 Å². The molecule has 0 aliphatic heterocycles. The van der Waals surface area contributed by atoms with Crippen LogP contribution in [-0.4, -0.2) is 26.2 Å². The van der Waals surface area contributed by atoms with Crippen LogP contribution in [0.25, 0.3) is 10.9 Å². The molecule has 22 heavy (non-hydrogen) atoms. The highest BCUT2D eigenvalue weighted by atomic mass is 16.3. The number of phenols is 3. The number of carbonyl (C=O) groups is 1. The molecule has 1 heterocycles. The molecule has 0 unspecified atom stereocenters. The fraction of sp³-hybridized carbons (Fsp3) is 0.0625. The monoisotopic (exact) mass is 298 g/mol. The van der Waals surface area contributed by atoms with Gasteiger partial charge < -0.3 is 25.6 Å². The predicted octanol–water partition coefficient (Wildman–Crippen LogP) is 2.21. The average Bonchev–Trinajstić information content (AvgIpc) is 2.88. The van der Waals surface area contributed by atoms with Crippen molar-refractivity contribution in [1.29, 1.82) is 0 Å². The Bertz CT molecular complexity index is 815. The number of hydrogen-bond acceptors (Lipinski definition) is 4. The highest BCUT2D eigenvalue weighted by Crippen LogP contribution is 2.30. The third kappa shape index (κ3) is 2.67. The first-order chi connectivity index (χ1) is 10.5. The van der Waals surface area contributed by atoms with Gasteiger partial charge in [-0.1, -0.05) is 12.1 Å². The van der Waals surface area contributed by atoms with E-state index in [-0.39, 0.29) is 29.7 Å². The van der Waals surface area contributed by atoms with Gasteiger partial charge in [0.2, 0.25) is 0 Å². The first kappa shape index (κ1) is 13.8. The van der Waals surface area contributed by atoms with Crippen molar-refractivity contribution in [2.75, 3.05) is 0 Å². The quantitative estimate of drug-likeness (QED) is 0.478. The Hall–Kier alpha value is -3.15. The molecule has 0 bridgehead atoms. The summed E-state index contributed by atoms with van der Waals surface area (Å²) in [5.74, 6) is -0.666. The number of phenolic OH excluding ortho intramolecular Hbond substituents is 3. The lowest BCUT2D eigenvalue weighted by atomic mass is 10.2. The van der Waals surface area contributed by atoms with Gasteiger partial charge in [-0.25, -0.2) is 0 Å². The number of nitrogens with one attached hydrogen (secondary N) is 2. The minimum atomic E-state index is -0.321. The number of aromatic nitrogens is 1. The van der Waals surface area contributed by atoms with E-state index < -0.39 is 0 Å². The molecule has 0 saturated carbocycles. The molecule has 0 aliphatic carbocycles. The maximum absolute atomic E-state index is 12.1. The molecule has 0 fully saturated rings. The molecule has 112 valence electrons. The van der Waals surface area contributed by atoms with E-state index in [0.29, 0.717) is 16.6 Å². The Balaban J connectivity index is 1.77. The number of benzene rings is 2. The van der Waals surface area contributed by atoms with E-state index in [4.69, 9.17) is 0 Å². The average molecular weight is 298 g/mol. The molecule has 6 nitrogen and oxygen atoms in total. The van der Waals surface area contributed by atoms with Gasteiger partial charge in [0.05, 0.1) is 0 Å². The largest absolute Gasteiger partial charge is 0.508 e. The fourth-order valence-corrected chi connectivity index (χ4v) is 2.22. The maximum atomic E-state index is 12.1. The zero-order valence-electron chi connectivity index (χ0n) is 11.5. The number of carbonyl (C=O) groups excluding carboxylic acids is 1. The number of aromatic hydroxyl groups is 3. The van der Waals surface area contributed by atoms with Gasteiger partial charge in [-0.2, -0.15) is 0 Å². The fourth-order valence-electron chi connectivity index (χ4n) is 2.22.